The summed E-state index contributed by atoms with van der Waals surface area (Å²) in [5.74, 6) is 1.06. The summed E-state index contributed by atoms with van der Waals surface area (Å²) >= 11 is 0. The Balaban J connectivity index is 2.29. The lowest BCUT2D eigenvalue weighted by Crippen LogP contribution is -2.21. The molecule has 0 aliphatic rings. The van der Waals surface area contributed by atoms with Crippen LogP contribution < -0.4 is 5.32 Å². The van der Waals surface area contributed by atoms with E-state index in [9.17, 15) is 0 Å². The number of furan rings is 1. The number of aryl methyl sites for hydroxylation is 1. The van der Waals surface area contributed by atoms with E-state index < -0.39 is 0 Å². The van der Waals surface area contributed by atoms with Crippen molar-refractivity contribution in [3.05, 3.63) is 23.7 Å². The van der Waals surface area contributed by atoms with Gasteiger partial charge in [0.25, 0.3) is 0 Å². The number of unbranched alkanes of at least 4 members (excludes halogenated alkanes) is 5. The Kier molecular flexibility index (Phi) is 7.83. The van der Waals surface area contributed by atoms with Crippen molar-refractivity contribution in [2.75, 3.05) is 6.54 Å². The topological polar surface area (TPSA) is 25.2 Å². The summed E-state index contributed by atoms with van der Waals surface area (Å²) in [5, 5.41) is 3.57. The molecule has 0 saturated heterocycles. The summed E-state index contributed by atoms with van der Waals surface area (Å²) in [7, 11) is 0. The van der Waals surface area contributed by atoms with Crippen LogP contribution in [0.1, 0.15) is 76.2 Å². The van der Waals surface area contributed by atoms with Crippen molar-refractivity contribution in [2.45, 2.75) is 71.8 Å². The summed E-state index contributed by atoms with van der Waals surface area (Å²) in [6, 6.07) is 2.58. The predicted molar refractivity (Wildman–Crippen MR) is 77.9 cm³/mol. The maximum absolute atomic E-state index is 5.41. The van der Waals surface area contributed by atoms with Crippen molar-refractivity contribution < 1.29 is 4.42 Å². The molecule has 18 heavy (non-hydrogen) atoms. The van der Waals surface area contributed by atoms with E-state index in [4.69, 9.17) is 4.42 Å². The molecule has 0 bridgehead atoms. The lowest BCUT2D eigenvalue weighted by Gasteiger charge is -2.17. The molecule has 0 aromatic carbocycles. The highest BCUT2D eigenvalue weighted by atomic mass is 16.3. The molecule has 0 saturated carbocycles. The van der Waals surface area contributed by atoms with Crippen LogP contribution in [0.2, 0.25) is 0 Å². The molecule has 1 aromatic rings. The molecule has 2 heteroatoms. The van der Waals surface area contributed by atoms with Gasteiger partial charge < -0.3 is 9.73 Å². The number of hydrogen-bond acceptors (Lipinski definition) is 2. The molecule has 0 radical (unpaired) electrons. The monoisotopic (exact) mass is 251 g/mol. The fourth-order valence-corrected chi connectivity index (χ4v) is 2.50. The Hall–Kier alpha value is -0.760. The van der Waals surface area contributed by atoms with E-state index >= 15 is 0 Å². The van der Waals surface area contributed by atoms with Gasteiger partial charge in [-0.2, -0.15) is 0 Å². The largest absolute Gasteiger partial charge is 0.469 e. The minimum Gasteiger partial charge on any atom is -0.469 e. The van der Waals surface area contributed by atoms with Crippen LogP contribution >= 0.6 is 0 Å². The number of nitrogens with one attached hydrogen (secondary N) is 1. The second kappa shape index (κ2) is 9.21. The van der Waals surface area contributed by atoms with Crippen molar-refractivity contribution in [1.29, 1.82) is 0 Å². The molecule has 2 nitrogen and oxygen atoms in total. The highest BCUT2D eigenvalue weighted by molar-refractivity contribution is 5.20. The molecular formula is C16H29NO. The first-order valence-electron chi connectivity index (χ1n) is 7.57. The third kappa shape index (κ3) is 5.26. The summed E-state index contributed by atoms with van der Waals surface area (Å²) in [4.78, 5) is 0. The zero-order chi connectivity index (χ0) is 13.2. The quantitative estimate of drug-likeness (QED) is 0.593. The maximum atomic E-state index is 5.41. The van der Waals surface area contributed by atoms with Crippen molar-refractivity contribution in [2.24, 2.45) is 0 Å². The Morgan fingerprint density at radius 3 is 2.44 bits per heavy atom. The minimum absolute atomic E-state index is 0.472. The van der Waals surface area contributed by atoms with Crippen LogP contribution in [-0.2, 0) is 0 Å². The van der Waals surface area contributed by atoms with Crippen LogP contribution in [0.25, 0.3) is 0 Å². The lowest BCUT2D eigenvalue weighted by molar-refractivity contribution is 0.461. The van der Waals surface area contributed by atoms with Crippen LogP contribution in [0.3, 0.4) is 0 Å². The van der Waals surface area contributed by atoms with Gasteiger partial charge in [0.2, 0.25) is 0 Å². The summed E-state index contributed by atoms with van der Waals surface area (Å²) in [6.07, 6.45) is 11.2. The zero-order valence-electron chi connectivity index (χ0n) is 12.3. The standard InChI is InChI=1S/C16H29NO/c1-4-6-7-8-9-10-11-16(17-5-2)15-12-13-18-14(15)3/h12-13,16-17H,4-11H2,1-3H3. The van der Waals surface area contributed by atoms with E-state index in [0.717, 1.165) is 12.3 Å². The normalized spacial score (nSPS) is 12.8. The molecule has 1 rings (SSSR count). The highest BCUT2D eigenvalue weighted by Gasteiger charge is 2.13. The van der Waals surface area contributed by atoms with Gasteiger partial charge in [0.05, 0.1) is 6.26 Å². The average Bonchev–Trinajstić information content (AvgIpc) is 2.78. The molecule has 0 aliphatic carbocycles. The molecule has 0 spiro atoms. The Bertz CT molecular complexity index is 306. The maximum Gasteiger partial charge on any atom is 0.105 e. The van der Waals surface area contributed by atoms with Gasteiger partial charge in [0, 0.05) is 11.6 Å². The SMILES string of the molecule is CCCCCCCCC(NCC)c1ccoc1C. The lowest BCUT2D eigenvalue weighted by atomic mass is 10.00. The molecule has 1 N–H and O–H groups in total. The first kappa shape index (κ1) is 15.3. The van der Waals surface area contributed by atoms with Gasteiger partial charge in [0.15, 0.2) is 0 Å². The van der Waals surface area contributed by atoms with Crippen molar-refractivity contribution in [3.63, 3.8) is 0 Å². The van der Waals surface area contributed by atoms with Crippen molar-refractivity contribution >= 4 is 0 Å². The molecule has 104 valence electrons. The van der Waals surface area contributed by atoms with Crippen LogP contribution in [0.5, 0.6) is 0 Å². The summed E-state index contributed by atoms with van der Waals surface area (Å²) < 4.78 is 5.41. The third-order valence-corrected chi connectivity index (χ3v) is 3.57. The van der Waals surface area contributed by atoms with Gasteiger partial charge >= 0.3 is 0 Å². The first-order valence-corrected chi connectivity index (χ1v) is 7.57. The van der Waals surface area contributed by atoms with Gasteiger partial charge in [0.1, 0.15) is 5.76 Å². The Labute approximate surface area is 112 Å². The number of hydrogen-bond donors (Lipinski definition) is 1. The van der Waals surface area contributed by atoms with Crippen molar-refractivity contribution in [1.82, 2.24) is 5.32 Å². The number of rotatable bonds is 10. The van der Waals surface area contributed by atoms with Gasteiger partial charge in [-0.1, -0.05) is 52.4 Å². The van der Waals surface area contributed by atoms with E-state index in [1.807, 2.05) is 0 Å². The Morgan fingerprint density at radius 1 is 1.11 bits per heavy atom. The predicted octanol–water partition coefficient (Wildman–Crippen LogP) is 4.99. The molecule has 0 fully saturated rings. The fraction of sp³-hybridized carbons (Fsp3) is 0.750. The van der Waals surface area contributed by atoms with Gasteiger partial charge in [-0.05, 0) is 26.0 Å². The fourth-order valence-electron chi connectivity index (χ4n) is 2.50. The molecule has 0 amide bonds. The molecule has 1 atom stereocenters. The molecule has 1 aromatic heterocycles. The second-order valence-corrected chi connectivity index (χ2v) is 5.10. The van der Waals surface area contributed by atoms with Crippen LogP contribution in [0, 0.1) is 6.92 Å². The first-order chi connectivity index (χ1) is 8.79. The highest BCUT2D eigenvalue weighted by Crippen LogP contribution is 2.24. The van der Waals surface area contributed by atoms with Crippen molar-refractivity contribution in [3.8, 4) is 0 Å². The van der Waals surface area contributed by atoms with E-state index in [-0.39, 0.29) is 0 Å². The van der Waals surface area contributed by atoms with Gasteiger partial charge in [-0.3, -0.25) is 0 Å². The molecular weight excluding hydrogens is 222 g/mol. The average molecular weight is 251 g/mol. The van der Waals surface area contributed by atoms with E-state index in [1.54, 1.807) is 6.26 Å². The molecule has 1 heterocycles. The van der Waals surface area contributed by atoms with Crippen LogP contribution in [0.15, 0.2) is 16.7 Å². The molecule has 0 aliphatic heterocycles. The van der Waals surface area contributed by atoms with Crippen LogP contribution in [-0.4, -0.2) is 6.54 Å². The summed E-state index contributed by atoms with van der Waals surface area (Å²) in [5.41, 5.74) is 1.34. The van der Waals surface area contributed by atoms with E-state index in [1.165, 1.54) is 50.5 Å². The molecule has 1 unspecified atom stereocenters. The van der Waals surface area contributed by atoms with Gasteiger partial charge in [-0.15, -0.1) is 0 Å². The Morgan fingerprint density at radius 2 is 1.83 bits per heavy atom. The summed E-state index contributed by atoms with van der Waals surface area (Å²) in [6.45, 7) is 7.51. The second-order valence-electron chi connectivity index (χ2n) is 5.10. The van der Waals surface area contributed by atoms with Gasteiger partial charge in [-0.25, -0.2) is 0 Å². The minimum atomic E-state index is 0.472. The van der Waals surface area contributed by atoms with E-state index in [0.29, 0.717) is 6.04 Å². The smallest absolute Gasteiger partial charge is 0.105 e. The van der Waals surface area contributed by atoms with E-state index in [2.05, 4.69) is 32.2 Å². The zero-order valence-corrected chi connectivity index (χ0v) is 12.3. The van der Waals surface area contributed by atoms with Crippen LogP contribution in [0.4, 0.5) is 0 Å². The third-order valence-electron chi connectivity index (χ3n) is 3.57.